The quantitative estimate of drug-likeness (QED) is 0.728. The highest BCUT2D eigenvalue weighted by Gasteiger charge is 2.08. The Morgan fingerprint density at radius 2 is 2.05 bits per heavy atom. The summed E-state index contributed by atoms with van der Waals surface area (Å²) in [5.41, 5.74) is 0.568. The van der Waals surface area contributed by atoms with Crippen molar-refractivity contribution in [2.75, 3.05) is 26.3 Å². The molecule has 1 aromatic carbocycles. The molecule has 4 nitrogen and oxygen atoms in total. The van der Waals surface area contributed by atoms with Crippen molar-refractivity contribution in [3.05, 3.63) is 29.8 Å². The highest BCUT2D eigenvalue weighted by molar-refractivity contribution is 5.42. The van der Waals surface area contributed by atoms with Gasteiger partial charge in [0.15, 0.2) is 0 Å². The van der Waals surface area contributed by atoms with Crippen LogP contribution in [0.15, 0.2) is 24.3 Å². The molecule has 0 saturated carbocycles. The van der Waals surface area contributed by atoms with Crippen molar-refractivity contribution in [1.29, 1.82) is 5.26 Å². The number of hydrogen-bond donors (Lipinski definition) is 1. The molecule has 0 fully saturated rings. The third-order valence-corrected chi connectivity index (χ3v) is 2.97. The van der Waals surface area contributed by atoms with Crippen LogP contribution in [0, 0.1) is 11.3 Å². The summed E-state index contributed by atoms with van der Waals surface area (Å²) in [6, 6.07) is 9.78. The van der Waals surface area contributed by atoms with Gasteiger partial charge in [-0.1, -0.05) is 12.1 Å². The summed E-state index contributed by atoms with van der Waals surface area (Å²) in [6.07, 6.45) is 0.873. The topological polar surface area (TPSA) is 56.5 Å². The molecular weight excluding hydrogens is 240 g/mol. The van der Waals surface area contributed by atoms with Gasteiger partial charge in [-0.25, -0.2) is 0 Å². The Bertz CT molecular complexity index is 413. The second-order valence-electron chi connectivity index (χ2n) is 4.66. The van der Waals surface area contributed by atoms with Gasteiger partial charge < -0.3 is 9.84 Å². The average molecular weight is 262 g/mol. The molecule has 0 atom stereocenters. The zero-order valence-corrected chi connectivity index (χ0v) is 11.7. The molecule has 104 valence electrons. The number of benzene rings is 1. The van der Waals surface area contributed by atoms with Gasteiger partial charge in [-0.2, -0.15) is 5.26 Å². The van der Waals surface area contributed by atoms with E-state index in [9.17, 15) is 0 Å². The first-order chi connectivity index (χ1) is 9.19. The van der Waals surface area contributed by atoms with Crippen LogP contribution in [0.3, 0.4) is 0 Å². The van der Waals surface area contributed by atoms with Crippen molar-refractivity contribution < 1.29 is 9.84 Å². The molecule has 0 saturated heterocycles. The van der Waals surface area contributed by atoms with Crippen molar-refractivity contribution >= 4 is 0 Å². The molecule has 0 aliphatic rings. The van der Waals surface area contributed by atoms with Crippen LogP contribution in [0.4, 0.5) is 0 Å². The number of aliphatic hydroxyl groups is 1. The van der Waals surface area contributed by atoms with Crippen molar-refractivity contribution in [1.82, 2.24) is 4.90 Å². The van der Waals surface area contributed by atoms with Crippen LogP contribution in [-0.2, 0) is 0 Å². The summed E-state index contributed by atoms with van der Waals surface area (Å²) >= 11 is 0. The smallest absolute Gasteiger partial charge is 0.137 e. The highest BCUT2D eigenvalue weighted by atomic mass is 16.5. The van der Waals surface area contributed by atoms with Crippen LogP contribution >= 0.6 is 0 Å². The maximum Gasteiger partial charge on any atom is 0.137 e. The monoisotopic (exact) mass is 262 g/mol. The fourth-order valence-corrected chi connectivity index (χ4v) is 1.89. The van der Waals surface area contributed by atoms with Crippen molar-refractivity contribution in [3.63, 3.8) is 0 Å². The zero-order chi connectivity index (χ0) is 14.1. The number of nitriles is 1. The molecule has 0 aliphatic carbocycles. The van der Waals surface area contributed by atoms with Crippen LogP contribution in [0.25, 0.3) is 0 Å². The molecule has 1 rings (SSSR count). The Balaban J connectivity index is 2.36. The summed E-state index contributed by atoms with van der Waals surface area (Å²) < 4.78 is 5.62. The minimum Gasteiger partial charge on any atom is -0.492 e. The van der Waals surface area contributed by atoms with Gasteiger partial charge in [-0.05, 0) is 32.4 Å². The second-order valence-corrected chi connectivity index (χ2v) is 4.66. The first kappa shape index (κ1) is 15.5. The van der Waals surface area contributed by atoms with Gasteiger partial charge in [-0.3, -0.25) is 4.90 Å². The minimum absolute atomic E-state index is 0.177. The van der Waals surface area contributed by atoms with Gasteiger partial charge in [0.05, 0.1) is 18.8 Å². The Labute approximate surface area is 115 Å². The zero-order valence-electron chi connectivity index (χ0n) is 11.7. The molecular formula is C15H22N2O2. The van der Waals surface area contributed by atoms with Gasteiger partial charge in [0.2, 0.25) is 0 Å². The lowest BCUT2D eigenvalue weighted by molar-refractivity contribution is 0.155. The number of para-hydroxylation sites is 1. The Hall–Kier alpha value is -1.57. The third kappa shape index (κ3) is 5.29. The number of aliphatic hydroxyl groups excluding tert-OH is 1. The van der Waals surface area contributed by atoms with Crippen LogP contribution in [0.5, 0.6) is 5.75 Å². The molecule has 0 aliphatic heterocycles. The Morgan fingerprint density at radius 1 is 1.32 bits per heavy atom. The SMILES string of the molecule is CC(C)N(CCO)CCCOc1ccccc1C#N. The normalized spacial score (nSPS) is 10.7. The first-order valence-corrected chi connectivity index (χ1v) is 6.66. The van der Waals surface area contributed by atoms with E-state index in [1.54, 1.807) is 6.07 Å². The van der Waals surface area contributed by atoms with Gasteiger partial charge in [-0.15, -0.1) is 0 Å². The van der Waals surface area contributed by atoms with E-state index in [4.69, 9.17) is 15.1 Å². The summed E-state index contributed by atoms with van der Waals surface area (Å²) in [5, 5.41) is 17.9. The van der Waals surface area contributed by atoms with Crippen LogP contribution in [0.1, 0.15) is 25.8 Å². The summed E-state index contributed by atoms with van der Waals surface area (Å²) in [4.78, 5) is 2.21. The number of nitrogens with zero attached hydrogens (tertiary/aromatic N) is 2. The molecule has 0 amide bonds. The summed E-state index contributed by atoms with van der Waals surface area (Å²) in [7, 11) is 0. The number of hydrogen-bond acceptors (Lipinski definition) is 4. The molecule has 0 bridgehead atoms. The predicted octanol–water partition coefficient (Wildman–Crippen LogP) is 2.03. The third-order valence-electron chi connectivity index (χ3n) is 2.97. The fraction of sp³-hybridized carbons (Fsp3) is 0.533. The molecule has 0 heterocycles. The van der Waals surface area contributed by atoms with E-state index in [2.05, 4.69) is 24.8 Å². The first-order valence-electron chi connectivity index (χ1n) is 6.66. The Kier molecular flexibility index (Phi) is 6.94. The molecule has 1 N–H and O–H groups in total. The summed E-state index contributed by atoms with van der Waals surface area (Å²) in [5.74, 6) is 0.642. The number of rotatable bonds is 8. The largest absolute Gasteiger partial charge is 0.492 e. The van der Waals surface area contributed by atoms with Gasteiger partial charge in [0, 0.05) is 19.1 Å². The van der Waals surface area contributed by atoms with Gasteiger partial charge in [0.25, 0.3) is 0 Å². The van der Waals surface area contributed by atoms with E-state index in [1.807, 2.05) is 18.2 Å². The molecule has 1 aromatic rings. The van der Waals surface area contributed by atoms with E-state index < -0.39 is 0 Å². The van der Waals surface area contributed by atoms with Crippen molar-refractivity contribution in [2.24, 2.45) is 0 Å². The predicted molar refractivity (Wildman–Crippen MR) is 75.1 cm³/mol. The van der Waals surface area contributed by atoms with E-state index in [0.717, 1.165) is 13.0 Å². The van der Waals surface area contributed by atoms with E-state index in [1.165, 1.54) is 0 Å². The fourth-order valence-electron chi connectivity index (χ4n) is 1.89. The maximum absolute atomic E-state index is 8.98. The van der Waals surface area contributed by atoms with Crippen LogP contribution < -0.4 is 4.74 Å². The lowest BCUT2D eigenvalue weighted by atomic mass is 10.2. The highest BCUT2D eigenvalue weighted by Crippen LogP contribution is 2.16. The molecule has 19 heavy (non-hydrogen) atoms. The van der Waals surface area contributed by atoms with Gasteiger partial charge in [0.1, 0.15) is 11.8 Å². The summed E-state index contributed by atoms with van der Waals surface area (Å²) in [6.45, 7) is 6.55. The Morgan fingerprint density at radius 3 is 2.68 bits per heavy atom. The molecule has 0 aromatic heterocycles. The second kappa shape index (κ2) is 8.52. The van der Waals surface area contributed by atoms with Crippen LogP contribution in [0.2, 0.25) is 0 Å². The molecule has 0 spiro atoms. The van der Waals surface area contributed by atoms with E-state index >= 15 is 0 Å². The van der Waals surface area contributed by atoms with E-state index in [0.29, 0.717) is 30.5 Å². The number of ether oxygens (including phenoxy) is 1. The van der Waals surface area contributed by atoms with Crippen LogP contribution in [-0.4, -0.2) is 42.4 Å². The standard InChI is InChI=1S/C15H22N2O2/c1-13(2)17(9-10-18)8-5-11-19-15-7-4-3-6-14(15)12-16/h3-4,6-7,13,18H,5,8-11H2,1-2H3. The van der Waals surface area contributed by atoms with Crippen molar-refractivity contribution in [3.8, 4) is 11.8 Å². The van der Waals surface area contributed by atoms with Crippen molar-refractivity contribution in [2.45, 2.75) is 26.3 Å². The lowest BCUT2D eigenvalue weighted by Gasteiger charge is -2.25. The maximum atomic E-state index is 8.98. The molecule has 0 radical (unpaired) electrons. The molecule has 0 unspecified atom stereocenters. The lowest BCUT2D eigenvalue weighted by Crippen LogP contribution is -2.34. The van der Waals surface area contributed by atoms with Gasteiger partial charge >= 0.3 is 0 Å². The minimum atomic E-state index is 0.177. The average Bonchev–Trinajstić information content (AvgIpc) is 2.42. The molecule has 4 heteroatoms. The van der Waals surface area contributed by atoms with E-state index in [-0.39, 0.29) is 6.61 Å².